The van der Waals surface area contributed by atoms with Crippen molar-refractivity contribution in [3.8, 4) is 0 Å². The minimum Gasteiger partial charge on any atom is -0.452 e. The van der Waals surface area contributed by atoms with Crippen LogP contribution in [0, 0.1) is 17.0 Å². The number of carbonyl (C=O) groups excluding carboxylic acids is 2. The second-order valence-corrected chi connectivity index (χ2v) is 6.18. The standard InChI is InChI=1S/C20H22N2O5/c1-3-4-5-15-6-9-17(10-7-15)21-19(23)13-27-20(24)16-8-11-18(22(25)26)14(2)12-16/h6-12H,3-5,13H2,1-2H3,(H,21,23). The molecule has 0 unspecified atom stereocenters. The van der Waals surface area contributed by atoms with E-state index in [1.54, 1.807) is 0 Å². The van der Waals surface area contributed by atoms with Crippen molar-refractivity contribution in [2.45, 2.75) is 33.1 Å². The molecule has 0 aliphatic rings. The molecule has 0 aliphatic heterocycles. The van der Waals surface area contributed by atoms with Crippen molar-refractivity contribution < 1.29 is 19.2 Å². The average Bonchev–Trinajstić information content (AvgIpc) is 2.65. The Morgan fingerprint density at radius 1 is 1.15 bits per heavy atom. The Kier molecular flexibility index (Phi) is 7.05. The molecule has 0 saturated heterocycles. The average molecular weight is 370 g/mol. The second-order valence-electron chi connectivity index (χ2n) is 6.18. The molecule has 0 heterocycles. The molecule has 0 atom stereocenters. The Labute approximate surface area is 157 Å². The first kappa shape index (κ1) is 20.1. The summed E-state index contributed by atoms with van der Waals surface area (Å²) in [6, 6.07) is 11.4. The predicted molar refractivity (Wildman–Crippen MR) is 102 cm³/mol. The van der Waals surface area contributed by atoms with Crippen molar-refractivity contribution in [1.82, 2.24) is 0 Å². The predicted octanol–water partition coefficient (Wildman–Crippen LogP) is 4.04. The quantitative estimate of drug-likeness (QED) is 0.429. The van der Waals surface area contributed by atoms with E-state index >= 15 is 0 Å². The third kappa shape index (κ3) is 5.91. The molecule has 0 saturated carbocycles. The highest BCUT2D eigenvalue weighted by atomic mass is 16.6. The largest absolute Gasteiger partial charge is 0.452 e. The maximum atomic E-state index is 12.0. The third-order valence-corrected chi connectivity index (χ3v) is 4.02. The number of aryl methyl sites for hydroxylation is 2. The van der Waals surface area contributed by atoms with Gasteiger partial charge in [0.15, 0.2) is 6.61 Å². The second kappa shape index (κ2) is 9.47. The molecule has 1 amide bonds. The highest BCUT2D eigenvalue weighted by Crippen LogP contribution is 2.19. The number of hydrogen-bond donors (Lipinski definition) is 1. The van der Waals surface area contributed by atoms with Gasteiger partial charge in [-0.15, -0.1) is 0 Å². The number of nitrogens with zero attached hydrogens (tertiary/aromatic N) is 1. The van der Waals surface area contributed by atoms with Gasteiger partial charge in [-0.25, -0.2) is 4.79 Å². The minimum atomic E-state index is -0.710. The van der Waals surface area contributed by atoms with E-state index < -0.39 is 23.4 Å². The molecule has 7 nitrogen and oxygen atoms in total. The number of rotatable bonds is 8. The lowest BCUT2D eigenvalue weighted by molar-refractivity contribution is -0.385. The van der Waals surface area contributed by atoms with Crippen LogP contribution >= 0.6 is 0 Å². The first-order valence-electron chi connectivity index (χ1n) is 8.71. The number of anilines is 1. The van der Waals surface area contributed by atoms with Gasteiger partial charge in [0.05, 0.1) is 10.5 Å². The third-order valence-electron chi connectivity index (χ3n) is 4.02. The van der Waals surface area contributed by atoms with Crippen LogP contribution in [0.3, 0.4) is 0 Å². The Hall–Kier alpha value is -3.22. The highest BCUT2D eigenvalue weighted by Gasteiger charge is 2.15. The fourth-order valence-corrected chi connectivity index (χ4v) is 2.53. The van der Waals surface area contributed by atoms with Gasteiger partial charge in [0.2, 0.25) is 0 Å². The molecule has 27 heavy (non-hydrogen) atoms. The van der Waals surface area contributed by atoms with E-state index in [9.17, 15) is 19.7 Å². The van der Waals surface area contributed by atoms with Crippen molar-refractivity contribution in [2.75, 3.05) is 11.9 Å². The number of hydrogen-bond acceptors (Lipinski definition) is 5. The summed E-state index contributed by atoms with van der Waals surface area (Å²) in [5.74, 6) is -1.17. The first-order chi connectivity index (χ1) is 12.9. The van der Waals surface area contributed by atoms with Crippen molar-refractivity contribution in [3.63, 3.8) is 0 Å². The zero-order chi connectivity index (χ0) is 19.8. The van der Waals surface area contributed by atoms with E-state index in [1.807, 2.05) is 24.3 Å². The van der Waals surface area contributed by atoms with Gasteiger partial charge >= 0.3 is 5.97 Å². The number of nitro benzene ring substituents is 1. The minimum absolute atomic E-state index is 0.0772. The number of carbonyl (C=O) groups is 2. The number of ether oxygens (including phenoxy) is 1. The Morgan fingerprint density at radius 3 is 2.44 bits per heavy atom. The van der Waals surface area contributed by atoms with Crippen LogP contribution in [0.5, 0.6) is 0 Å². The molecular weight excluding hydrogens is 348 g/mol. The van der Waals surface area contributed by atoms with Gasteiger partial charge in [-0.05, 0) is 49.6 Å². The van der Waals surface area contributed by atoms with Crippen LogP contribution in [-0.2, 0) is 16.0 Å². The summed E-state index contributed by atoms with van der Waals surface area (Å²) in [6.45, 7) is 3.23. The summed E-state index contributed by atoms with van der Waals surface area (Å²) >= 11 is 0. The van der Waals surface area contributed by atoms with Crippen LogP contribution in [0.4, 0.5) is 11.4 Å². The van der Waals surface area contributed by atoms with Crippen LogP contribution in [-0.4, -0.2) is 23.4 Å². The number of esters is 1. The summed E-state index contributed by atoms with van der Waals surface area (Å²) in [5, 5.41) is 13.5. The van der Waals surface area contributed by atoms with Gasteiger partial charge < -0.3 is 10.1 Å². The van der Waals surface area contributed by atoms with Gasteiger partial charge in [-0.2, -0.15) is 0 Å². The van der Waals surface area contributed by atoms with Crippen LogP contribution in [0.25, 0.3) is 0 Å². The van der Waals surface area contributed by atoms with E-state index in [1.165, 1.54) is 30.7 Å². The maximum Gasteiger partial charge on any atom is 0.338 e. The van der Waals surface area contributed by atoms with Gasteiger partial charge in [-0.3, -0.25) is 14.9 Å². The van der Waals surface area contributed by atoms with Gasteiger partial charge in [0, 0.05) is 17.3 Å². The first-order valence-corrected chi connectivity index (χ1v) is 8.71. The van der Waals surface area contributed by atoms with E-state index in [2.05, 4.69) is 12.2 Å². The molecule has 0 spiro atoms. The van der Waals surface area contributed by atoms with Crippen molar-refractivity contribution >= 4 is 23.3 Å². The van der Waals surface area contributed by atoms with E-state index in [-0.39, 0.29) is 11.3 Å². The summed E-state index contributed by atoms with van der Waals surface area (Å²) in [6.07, 6.45) is 3.24. The number of benzene rings is 2. The van der Waals surface area contributed by atoms with Crippen molar-refractivity contribution in [2.24, 2.45) is 0 Å². The SMILES string of the molecule is CCCCc1ccc(NC(=O)COC(=O)c2ccc([N+](=O)[O-])c(C)c2)cc1. The number of nitrogens with one attached hydrogen (secondary N) is 1. The lowest BCUT2D eigenvalue weighted by atomic mass is 10.1. The lowest BCUT2D eigenvalue weighted by Gasteiger charge is -2.08. The monoisotopic (exact) mass is 370 g/mol. The molecular formula is C20H22N2O5. The van der Waals surface area contributed by atoms with E-state index in [4.69, 9.17) is 4.74 Å². The smallest absolute Gasteiger partial charge is 0.338 e. The number of nitro groups is 1. The van der Waals surface area contributed by atoms with E-state index in [0.717, 1.165) is 19.3 Å². The molecule has 0 aromatic heterocycles. The summed E-state index contributed by atoms with van der Waals surface area (Å²) < 4.78 is 4.97. The molecule has 7 heteroatoms. The zero-order valence-electron chi connectivity index (χ0n) is 15.4. The summed E-state index contributed by atoms with van der Waals surface area (Å²) in [7, 11) is 0. The molecule has 142 valence electrons. The molecule has 2 rings (SSSR count). The van der Waals surface area contributed by atoms with Crippen LogP contribution in [0.2, 0.25) is 0 Å². The number of unbranched alkanes of at least 4 members (excludes halogenated alkanes) is 1. The van der Waals surface area contributed by atoms with Crippen LogP contribution in [0.1, 0.15) is 41.3 Å². The highest BCUT2D eigenvalue weighted by molar-refractivity contribution is 5.95. The Balaban J connectivity index is 1.87. The fourth-order valence-electron chi connectivity index (χ4n) is 2.53. The van der Waals surface area contributed by atoms with E-state index in [0.29, 0.717) is 11.3 Å². The normalized spacial score (nSPS) is 10.3. The maximum absolute atomic E-state index is 12.0. The van der Waals surface area contributed by atoms with Gasteiger partial charge in [0.25, 0.3) is 11.6 Å². The van der Waals surface area contributed by atoms with Crippen molar-refractivity contribution in [3.05, 3.63) is 69.3 Å². The molecule has 0 bridgehead atoms. The molecule has 0 aliphatic carbocycles. The Morgan fingerprint density at radius 2 is 1.85 bits per heavy atom. The molecule has 2 aromatic rings. The summed E-state index contributed by atoms with van der Waals surface area (Å²) in [5.41, 5.74) is 2.26. The topological polar surface area (TPSA) is 98.5 Å². The molecule has 0 radical (unpaired) electrons. The molecule has 0 fully saturated rings. The lowest BCUT2D eigenvalue weighted by Crippen LogP contribution is -2.21. The zero-order valence-corrected chi connectivity index (χ0v) is 15.4. The number of amides is 1. The summed E-state index contributed by atoms with van der Waals surface area (Å²) in [4.78, 5) is 34.2. The molecule has 1 N–H and O–H groups in total. The Bertz CT molecular complexity index is 831. The van der Waals surface area contributed by atoms with Crippen molar-refractivity contribution in [1.29, 1.82) is 0 Å². The fraction of sp³-hybridized carbons (Fsp3) is 0.300. The van der Waals surface area contributed by atoms with Gasteiger partial charge in [0.1, 0.15) is 0 Å². The van der Waals surface area contributed by atoms with Crippen LogP contribution in [0.15, 0.2) is 42.5 Å². The molecule has 2 aromatic carbocycles. The van der Waals surface area contributed by atoms with Gasteiger partial charge in [-0.1, -0.05) is 25.5 Å². The van der Waals surface area contributed by atoms with Crippen LogP contribution < -0.4 is 5.32 Å².